The number of carbonyl (C=O) groups is 2. The second kappa shape index (κ2) is 6.99. The summed E-state index contributed by atoms with van der Waals surface area (Å²) in [5.74, 6) is -0.573. The molecule has 4 rings (SSSR count). The Kier molecular flexibility index (Phi) is 4.37. The van der Waals surface area contributed by atoms with Crippen LogP contribution in [0.2, 0.25) is 6.32 Å². The highest BCUT2D eigenvalue weighted by Gasteiger charge is 2.35. The number of fused-ring (bicyclic) bond motifs is 1. The van der Waals surface area contributed by atoms with E-state index in [1.54, 1.807) is 53.7 Å². The fourth-order valence-electron chi connectivity index (χ4n) is 3.34. The van der Waals surface area contributed by atoms with E-state index in [-0.39, 0.29) is 11.5 Å². The quantitative estimate of drug-likeness (QED) is 0.697. The number of aromatic amines is 1. The molecule has 0 saturated carbocycles. The summed E-state index contributed by atoms with van der Waals surface area (Å²) in [4.78, 5) is 33.7. The standard InChI is InChI=1S/C19H16BN3O4/c24-17(12-5-2-1-3-6-12)23(19-21-9-10-22-19)15-11-20-27-16-13(15)7-4-8-14(16)18(25)26/h1-10,15,20H,11H2,(H,21,22)(H,25,26). The van der Waals surface area contributed by atoms with Gasteiger partial charge in [0.1, 0.15) is 5.75 Å². The average Bonchev–Trinajstić information content (AvgIpc) is 3.22. The summed E-state index contributed by atoms with van der Waals surface area (Å²) in [5, 5.41) is 9.46. The number of nitrogens with one attached hydrogen (secondary N) is 1. The maximum absolute atomic E-state index is 13.3. The molecule has 2 N–H and O–H groups in total. The van der Waals surface area contributed by atoms with Crippen molar-refractivity contribution >= 4 is 25.3 Å². The van der Waals surface area contributed by atoms with Crippen LogP contribution in [0.1, 0.15) is 32.3 Å². The van der Waals surface area contributed by atoms with Crippen molar-refractivity contribution in [3.63, 3.8) is 0 Å². The van der Waals surface area contributed by atoms with Crippen molar-refractivity contribution in [3.05, 3.63) is 77.6 Å². The summed E-state index contributed by atoms with van der Waals surface area (Å²) < 4.78 is 5.65. The van der Waals surface area contributed by atoms with Crippen LogP contribution >= 0.6 is 0 Å². The van der Waals surface area contributed by atoms with Gasteiger partial charge in [0.2, 0.25) is 5.95 Å². The molecule has 8 heteroatoms. The van der Waals surface area contributed by atoms with E-state index in [2.05, 4.69) is 9.97 Å². The van der Waals surface area contributed by atoms with Gasteiger partial charge in [0.15, 0.2) is 0 Å². The first-order valence-corrected chi connectivity index (χ1v) is 8.54. The van der Waals surface area contributed by atoms with Crippen molar-refractivity contribution in [3.8, 4) is 5.75 Å². The zero-order chi connectivity index (χ0) is 18.8. The van der Waals surface area contributed by atoms with Crippen molar-refractivity contribution in [2.45, 2.75) is 12.4 Å². The minimum absolute atomic E-state index is 0.0868. The van der Waals surface area contributed by atoms with Gasteiger partial charge < -0.3 is 14.7 Å². The number of hydrogen-bond donors (Lipinski definition) is 2. The molecule has 134 valence electrons. The highest BCUT2D eigenvalue weighted by Crippen LogP contribution is 2.40. The maximum atomic E-state index is 13.3. The molecule has 2 heterocycles. The highest BCUT2D eigenvalue weighted by atomic mass is 16.4. The number of H-pyrrole nitrogens is 1. The lowest BCUT2D eigenvalue weighted by atomic mass is 9.80. The van der Waals surface area contributed by atoms with Crippen molar-refractivity contribution in [2.75, 3.05) is 4.90 Å². The number of anilines is 1. The van der Waals surface area contributed by atoms with Crippen LogP contribution in [-0.2, 0) is 0 Å². The third-order valence-corrected chi connectivity index (χ3v) is 4.54. The summed E-state index contributed by atoms with van der Waals surface area (Å²) >= 11 is 0. The molecular formula is C19H16BN3O4. The fourth-order valence-corrected chi connectivity index (χ4v) is 3.34. The van der Waals surface area contributed by atoms with E-state index in [1.807, 2.05) is 6.07 Å². The lowest BCUT2D eigenvalue weighted by molar-refractivity contribution is 0.0694. The minimum Gasteiger partial charge on any atom is -0.563 e. The highest BCUT2D eigenvalue weighted by molar-refractivity contribution is 6.30. The van der Waals surface area contributed by atoms with Crippen LogP contribution in [0.25, 0.3) is 0 Å². The lowest BCUT2D eigenvalue weighted by Crippen LogP contribution is -2.39. The molecule has 7 nitrogen and oxygen atoms in total. The number of carboxylic acids is 1. The average molecular weight is 361 g/mol. The lowest BCUT2D eigenvalue weighted by Gasteiger charge is -2.34. The van der Waals surface area contributed by atoms with Crippen LogP contribution in [0.4, 0.5) is 5.95 Å². The van der Waals surface area contributed by atoms with E-state index in [1.165, 1.54) is 6.07 Å². The van der Waals surface area contributed by atoms with Crippen LogP contribution in [0.5, 0.6) is 5.75 Å². The van der Waals surface area contributed by atoms with Crippen molar-refractivity contribution in [1.82, 2.24) is 9.97 Å². The third kappa shape index (κ3) is 3.06. The summed E-state index contributed by atoms with van der Waals surface area (Å²) in [5.41, 5.74) is 1.27. The molecule has 2 aromatic carbocycles. The number of carbonyl (C=O) groups excluding carboxylic acids is 1. The molecule has 1 aliphatic rings. The number of imidazole rings is 1. The van der Waals surface area contributed by atoms with Gasteiger partial charge in [-0.3, -0.25) is 9.69 Å². The SMILES string of the molecule is O=C(O)c1cccc2c1OBCC2N(C(=O)c1ccccc1)c1ncc[nH]1. The van der Waals surface area contributed by atoms with Gasteiger partial charge in [-0.05, 0) is 24.5 Å². The number of amides is 1. The summed E-state index contributed by atoms with van der Waals surface area (Å²) in [6.45, 7) is 0. The Morgan fingerprint density at radius 2 is 2.00 bits per heavy atom. The predicted molar refractivity (Wildman–Crippen MR) is 101 cm³/mol. The number of benzene rings is 2. The second-order valence-electron chi connectivity index (χ2n) is 6.14. The molecule has 0 spiro atoms. The number of nitrogens with zero attached hydrogens (tertiary/aromatic N) is 2. The van der Waals surface area contributed by atoms with Crippen molar-refractivity contribution in [2.24, 2.45) is 0 Å². The molecule has 1 amide bonds. The number of rotatable bonds is 4. The fraction of sp³-hybridized carbons (Fsp3) is 0.105. The Balaban J connectivity index is 1.83. The molecule has 0 aliphatic carbocycles. The third-order valence-electron chi connectivity index (χ3n) is 4.54. The number of carboxylic acid groups (broad SMARTS) is 1. The first kappa shape index (κ1) is 16.9. The Hall–Kier alpha value is -3.55. The Bertz CT molecular complexity index is 976. The van der Waals surface area contributed by atoms with Gasteiger partial charge in [-0.25, -0.2) is 9.78 Å². The molecule has 1 aliphatic heterocycles. The topological polar surface area (TPSA) is 95.5 Å². The molecule has 1 atom stereocenters. The zero-order valence-corrected chi connectivity index (χ0v) is 14.3. The van der Waals surface area contributed by atoms with E-state index < -0.39 is 12.0 Å². The van der Waals surface area contributed by atoms with E-state index in [0.29, 0.717) is 36.6 Å². The van der Waals surface area contributed by atoms with Crippen LogP contribution in [0, 0.1) is 0 Å². The van der Waals surface area contributed by atoms with Crippen LogP contribution in [0.15, 0.2) is 60.9 Å². The molecule has 0 fully saturated rings. The van der Waals surface area contributed by atoms with Gasteiger partial charge in [0, 0.05) is 23.5 Å². The number of para-hydroxylation sites is 1. The Morgan fingerprint density at radius 3 is 2.70 bits per heavy atom. The summed E-state index contributed by atoms with van der Waals surface area (Å²) in [7, 11) is 0.307. The molecule has 3 aromatic rings. The summed E-state index contributed by atoms with van der Waals surface area (Å²) in [6, 6.07) is 13.5. The minimum atomic E-state index is -1.06. The zero-order valence-electron chi connectivity index (χ0n) is 14.3. The molecule has 1 aromatic heterocycles. The monoisotopic (exact) mass is 361 g/mol. The maximum Gasteiger partial charge on any atom is 0.342 e. The van der Waals surface area contributed by atoms with E-state index >= 15 is 0 Å². The molecule has 27 heavy (non-hydrogen) atoms. The summed E-state index contributed by atoms with van der Waals surface area (Å²) in [6.07, 6.45) is 3.75. The first-order chi connectivity index (χ1) is 13.2. The van der Waals surface area contributed by atoms with Gasteiger partial charge in [-0.1, -0.05) is 30.3 Å². The van der Waals surface area contributed by atoms with E-state index in [0.717, 1.165) is 0 Å². The van der Waals surface area contributed by atoms with Gasteiger partial charge in [0.05, 0.1) is 11.6 Å². The Labute approximate surface area is 155 Å². The molecule has 0 radical (unpaired) electrons. The normalized spacial score (nSPS) is 15.2. The van der Waals surface area contributed by atoms with Crippen LogP contribution in [-0.4, -0.2) is 34.4 Å². The largest absolute Gasteiger partial charge is 0.563 e. The van der Waals surface area contributed by atoms with Gasteiger partial charge in [-0.15, -0.1) is 0 Å². The number of hydrogen-bond acceptors (Lipinski definition) is 4. The van der Waals surface area contributed by atoms with E-state index in [9.17, 15) is 14.7 Å². The Morgan fingerprint density at radius 1 is 1.19 bits per heavy atom. The van der Waals surface area contributed by atoms with Crippen LogP contribution in [0.3, 0.4) is 0 Å². The molecule has 0 bridgehead atoms. The molecule has 0 saturated heterocycles. The van der Waals surface area contributed by atoms with Gasteiger partial charge in [0.25, 0.3) is 5.91 Å². The number of aromatic nitrogens is 2. The van der Waals surface area contributed by atoms with E-state index in [4.69, 9.17) is 4.65 Å². The van der Waals surface area contributed by atoms with Crippen molar-refractivity contribution in [1.29, 1.82) is 0 Å². The second-order valence-corrected chi connectivity index (χ2v) is 6.14. The molecule has 1 unspecified atom stereocenters. The van der Waals surface area contributed by atoms with Crippen molar-refractivity contribution < 1.29 is 19.3 Å². The van der Waals surface area contributed by atoms with Crippen LogP contribution < -0.4 is 9.55 Å². The van der Waals surface area contributed by atoms with Gasteiger partial charge in [-0.2, -0.15) is 0 Å². The number of aromatic carboxylic acids is 1. The first-order valence-electron chi connectivity index (χ1n) is 8.54. The van der Waals surface area contributed by atoms with Gasteiger partial charge >= 0.3 is 13.5 Å². The smallest absolute Gasteiger partial charge is 0.342 e. The predicted octanol–water partition coefficient (Wildman–Crippen LogP) is 2.66. The molecular weight excluding hydrogens is 345 g/mol.